The average molecular weight is 424 g/mol. The van der Waals surface area contributed by atoms with Gasteiger partial charge in [-0.1, -0.05) is 60.9 Å². The maximum Gasteiger partial charge on any atom is 0.210 e. The maximum atomic E-state index is 6.08. The molecule has 1 aromatic carbocycles. The van der Waals surface area contributed by atoms with Crippen LogP contribution in [0.1, 0.15) is 36.7 Å². The standard InChI is InChI=1S/C18H19Cl2N5OS/c1-11(2)13-3-5-14(6-4-13)26-9-17-23-24-18(25(17)21)27-10-12-7-15(19)22-16(20)8-12/h3-8,11H,9-10,21H2,1-2H3. The molecule has 0 amide bonds. The van der Waals surface area contributed by atoms with Crippen LogP contribution in [0.5, 0.6) is 5.75 Å². The predicted octanol–water partition coefficient (Wildman–Crippen LogP) is 4.69. The summed E-state index contributed by atoms with van der Waals surface area (Å²) in [7, 11) is 0. The third-order valence-electron chi connectivity index (χ3n) is 3.84. The van der Waals surface area contributed by atoms with Gasteiger partial charge in [0.05, 0.1) is 0 Å². The molecule has 0 aliphatic rings. The number of rotatable bonds is 7. The number of hydrogen-bond acceptors (Lipinski definition) is 6. The number of ether oxygens (including phenoxy) is 1. The number of nitrogens with zero attached hydrogens (tertiary/aromatic N) is 4. The molecule has 0 unspecified atom stereocenters. The monoisotopic (exact) mass is 423 g/mol. The molecule has 0 fully saturated rings. The van der Waals surface area contributed by atoms with Gasteiger partial charge in [-0.25, -0.2) is 9.66 Å². The smallest absolute Gasteiger partial charge is 0.210 e. The van der Waals surface area contributed by atoms with Crippen molar-refractivity contribution >= 4 is 35.0 Å². The summed E-state index contributed by atoms with van der Waals surface area (Å²) in [6, 6.07) is 11.5. The van der Waals surface area contributed by atoms with Gasteiger partial charge in [-0.3, -0.25) is 0 Å². The fourth-order valence-electron chi connectivity index (χ4n) is 2.35. The van der Waals surface area contributed by atoms with E-state index in [1.165, 1.54) is 22.0 Å². The number of nitrogens with two attached hydrogens (primary N) is 1. The van der Waals surface area contributed by atoms with Crippen LogP contribution in [0.2, 0.25) is 10.3 Å². The zero-order valence-corrected chi connectivity index (χ0v) is 17.2. The van der Waals surface area contributed by atoms with Crippen LogP contribution >= 0.6 is 35.0 Å². The van der Waals surface area contributed by atoms with Gasteiger partial charge in [-0.05, 0) is 41.3 Å². The van der Waals surface area contributed by atoms with E-state index in [0.717, 1.165) is 11.3 Å². The largest absolute Gasteiger partial charge is 0.486 e. The summed E-state index contributed by atoms with van der Waals surface area (Å²) in [5.41, 5.74) is 2.19. The van der Waals surface area contributed by atoms with Crippen LogP contribution in [0.4, 0.5) is 0 Å². The van der Waals surface area contributed by atoms with Gasteiger partial charge in [0.25, 0.3) is 0 Å². The molecule has 0 aliphatic heterocycles. The molecule has 0 saturated heterocycles. The molecule has 2 N–H and O–H groups in total. The summed E-state index contributed by atoms with van der Waals surface area (Å²) in [5.74, 6) is 8.46. The molecule has 6 nitrogen and oxygen atoms in total. The van der Waals surface area contributed by atoms with Crippen LogP contribution in [-0.4, -0.2) is 19.9 Å². The Morgan fingerprint density at radius 3 is 2.41 bits per heavy atom. The predicted molar refractivity (Wildman–Crippen MR) is 109 cm³/mol. The zero-order chi connectivity index (χ0) is 19.4. The molecule has 142 valence electrons. The first-order valence-corrected chi connectivity index (χ1v) is 10.0. The van der Waals surface area contributed by atoms with Crippen LogP contribution in [0, 0.1) is 0 Å². The topological polar surface area (TPSA) is 78.9 Å². The van der Waals surface area contributed by atoms with Crippen LogP contribution < -0.4 is 10.6 Å². The first-order chi connectivity index (χ1) is 12.9. The lowest BCUT2D eigenvalue weighted by Gasteiger charge is -2.09. The van der Waals surface area contributed by atoms with Crippen LogP contribution in [0.25, 0.3) is 0 Å². The number of hydrogen-bond donors (Lipinski definition) is 1. The second-order valence-electron chi connectivity index (χ2n) is 6.19. The van der Waals surface area contributed by atoms with Crippen LogP contribution in [0.15, 0.2) is 41.6 Å². The van der Waals surface area contributed by atoms with E-state index in [9.17, 15) is 0 Å². The second-order valence-corrected chi connectivity index (χ2v) is 7.91. The Morgan fingerprint density at radius 2 is 1.78 bits per heavy atom. The molecule has 0 bridgehead atoms. The summed E-state index contributed by atoms with van der Waals surface area (Å²) in [4.78, 5) is 3.93. The van der Waals surface area contributed by atoms with Gasteiger partial charge in [0.15, 0.2) is 5.82 Å². The van der Waals surface area contributed by atoms with Crippen molar-refractivity contribution in [1.29, 1.82) is 0 Å². The highest BCUT2D eigenvalue weighted by atomic mass is 35.5. The third kappa shape index (κ3) is 5.28. The first kappa shape index (κ1) is 19.8. The molecule has 27 heavy (non-hydrogen) atoms. The molecule has 3 aromatic rings. The van der Waals surface area contributed by atoms with Crippen molar-refractivity contribution < 1.29 is 4.74 Å². The lowest BCUT2D eigenvalue weighted by Crippen LogP contribution is -2.15. The molecular weight excluding hydrogens is 405 g/mol. The highest BCUT2D eigenvalue weighted by Crippen LogP contribution is 2.24. The van der Waals surface area contributed by atoms with Crippen LogP contribution in [0.3, 0.4) is 0 Å². The third-order valence-corrected chi connectivity index (χ3v) is 5.24. The average Bonchev–Trinajstić information content (AvgIpc) is 2.97. The fraction of sp³-hybridized carbons (Fsp3) is 0.278. The van der Waals surface area contributed by atoms with E-state index in [1.807, 2.05) is 12.1 Å². The van der Waals surface area contributed by atoms with Gasteiger partial charge in [-0.15, -0.1) is 10.2 Å². The van der Waals surface area contributed by atoms with E-state index >= 15 is 0 Å². The van der Waals surface area contributed by atoms with Crippen molar-refractivity contribution in [3.63, 3.8) is 0 Å². The zero-order valence-electron chi connectivity index (χ0n) is 14.9. The maximum absolute atomic E-state index is 6.08. The minimum absolute atomic E-state index is 0.234. The molecule has 3 rings (SSSR count). The summed E-state index contributed by atoms with van der Waals surface area (Å²) in [5, 5.41) is 9.50. The van der Waals surface area contributed by atoms with E-state index in [1.54, 1.807) is 12.1 Å². The number of aromatic nitrogens is 4. The minimum atomic E-state index is 0.234. The van der Waals surface area contributed by atoms with Gasteiger partial charge >= 0.3 is 0 Å². The summed E-state index contributed by atoms with van der Waals surface area (Å²) >= 11 is 13.3. The fourth-order valence-corrected chi connectivity index (χ4v) is 3.66. The SMILES string of the molecule is CC(C)c1ccc(OCc2nnc(SCc3cc(Cl)nc(Cl)c3)n2N)cc1. The first-order valence-electron chi connectivity index (χ1n) is 8.29. The number of nitrogen functional groups attached to an aromatic ring is 1. The van der Waals surface area contributed by atoms with E-state index in [2.05, 4.69) is 41.2 Å². The summed E-state index contributed by atoms with van der Waals surface area (Å²) in [6.07, 6.45) is 0. The summed E-state index contributed by atoms with van der Waals surface area (Å²) in [6.45, 7) is 4.54. The molecule has 0 spiro atoms. The lowest BCUT2D eigenvalue weighted by atomic mass is 10.0. The van der Waals surface area contributed by atoms with E-state index in [-0.39, 0.29) is 6.61 Å². The molecule has 2 aromatic heterocycles. The van der Waals surface area contributed by atoms with Crippen molar-refractivity contribution in [3.05, 3.63) is 63.7 Å². The van der Waals surface area contributed by atoms with Gasteiger partial charge in [0.1, 0.15) is 22.7 Å². The molecule has 0 radical (unpaired) electrons. The van der Waals surface area contributed by atoms with Crippen molar-refractivity contribution in [2.75, 3.05) is 5.84 Å². The van der Waals surface area contributed by atoms with Gasteiger partial charge in [0.2, 0.25) is 5.16 Å². The highest BCUT2D eigenvalue weighted by molar-refractivity contribution is 7.98. The quantitative estimate of drug-likeness (QED) is 0.337. The van der Waals surface area contributed by atoms with Gasteiger partial charge < -0.3 is 10.6 Å². The normalized spacial score (nSPS) is 11.1. The molecule has 2 heterocycles. The molecule has 0 aliphatic carbocycles. The molecule has 0 atom stereocenters. The van der Waals surface area contributed by atoms with Crippen molar-refractivity contribution in [3.8, 4) is 5.75 Å². The Balaban J connectivity index is 1.59. The molecular formula is C18H19Cl2N5OS. The molecule has 0 saturated carbocycles. The highest BCUT2D eigenvalue weighted by Gasteiger charge is 2.12. The lowest BCUT2D eigenvalue weighted by molar-refractivity contribution is 0.291. The second kappa shape index (κ2) is 8.82. The summed E-state index contributed by atoms with van der Waals surface area (Å²) < 4.78 is 7.19. The number of halogens is 2. The van der Waals surface area contributed by atoms with Gasteiger partial charge in [0, 0.05) is 5.75 Å². The Hall–Kier alpha value is -1.96. The Labute approximate surface area is 172 Å². The van der Waals surface area contributed by atoms with Crippen molar-refractivity contribution in [2.24, 2.45) is 0 Å². The number of benzene rings is 1. The van der Waals surface area contributed by atoms with E-state index in [4.69, 9.17) is 33.8 Å². The number of pyridine rings is 1. The van der Waals surface area contributed by atoms with Gasteiger partial charge in [-0.2, -0.15) is 0 Å². The van der Waals surface area contributed by atoms with Crippen LogP contribution in [-0.2, 0) is 12.4 Å². The number of thioether (sulfide) groups is 1. The van der Waals surface area contributed by atoms with Crippen molar-refractivity contribution in [1.82, 2.24) is 19.9 Å². The van der Waals surface area contributed by atoms with E-state index < -0.39 is 0 Å². The van der Waals surface area contributed by atoms with E-state index in [0.29, 0.717) is 33.0 Å². The Bertz CT molecular complexity index is 894. The Morgan fingerprint density at radius 1 is 1.11 bits per heavy atom. The molecule has 9 heteroatoms. The minimum Gasteiger partial charge on any atom is -0.486 e. The Kier molecular flexibility index (Phi) is 6.46. The van der Waals surface area contributed by atoms with Crippen molar-refractivity contribution in [2.45, 2.75) is 37.3 Å².